The molecule has 0 saturated heterocycles. The molecule has 1 rings (SSSR count). The summed E-state index contributed by atoms with van der Waals surface area (Å²) in [5.41, 5.74) is 7.60. The van der Waals surface area contributed by atoms with Crippen LogP contribution in [0, 0.1) is 6.92 Å². The van der Waals surface area contributed by atoms with Crippen LogP contribution in [0.2, 0.25) is 0 Å². The van der Waals surface area contributed by atoms with Crippen LogP contribution in [-0.4, -0.2) is 17.6 Å². The van der Waals surface area contributed by atoms with Gasteiger partial charge in [0.25, 0.3) is 0 Å². The molecule has 0 radical (unpaired) electrons. The molecule has 1 heterocycles. The third kappa shape index (κ3) is 4.35. The fourth-order valence-corrected chi connectivity index (χ4v) is 1.18. The van der Waals surface area contributed by atoms with E-state index in [4.69, 9.17) is 10.5 Å². The minimum absolute atomic E-state index is 0. The number of nitrogens with two attached hydrogens (primary N) is 1. The minimum Gasteiger partial charge on any atom is -0.462 e. The summed E-state index contributed by atoms with van der Waals surface area (Å²) in [6, 6.07) is 1.80. The van der Waals surface area contributed by atoms with Gasteiger partial charge in [0.2, 0.25) is 0 Å². The van der Waals surface area contributed by atoms with Crippen molar-refractivity contribution in [3.63, 3.8) is 0 Å². The lowest BCUT2D eigenvalue weighted by molar-refractivity contribution is 0.0524. The van der Waals surface area contributed by atoms with Crippen LogP contribution in [0.3, 0.4) is 0 Å². The van der Waals surface area contributed by atoms with Gasteiger partial charge in [0.15, 0.2) is 0 Å². The van der Waals surface area contributed by atoms with Gasteiger partial charge < -0.3 is 10.5 Å². The molecule has 0 spiro atoms. The zero-order valence-electron chi connectivity index (χ0n) is 9.23. The maximum absolute atomic E-state index is 11.4. The summed E-state index contributed by atoms with van der Waals surface area (Å²) in [5.74, 6) is -0.361. The molecular weight excluding hydrogens is 251 g/mol. The number of carbonyl (C=O) groups excluding carboxylic acids is 1. The third-order valence-electron chi connectivity index (χ3n) is 1.84. The van der Waals surface area contributed by atoms with Crippen LogP contribution < -0.4 is 5.73 Å². The smallest absolute Gasteiger partial charge is 0.340 e. The molecule has 16 heavy (non-hydrogen) atoms. The lowest BCUT2D eigenvalue weighted by Crippen LogP contribution is -2.11. The Morgan fingerprint density at radius 3 is 2.62 bits per heavy atom. The zero-order chi connectivity index (χ0) is 10.6. The van der Waals surface area contributed by atoms with Gasteiger partial charge >= 0.3 is 5.97 Å². The van der Waals surface area contributed by atoms with E-state index in [1.165, 1.54) is 6.20 Å². The predicted octanol–water partition coefficient (Wildman–Crippen LogP) is 1.87. The van der Waals surface area contributed by atoms with Crippen molar-refractivity contribution in [2.45, 2.75) is 20.4 Å². The monoisotopic (exact) mass is 266 g/mol. The second-order valence-electron chi connectivity index (χ2n) is 2.91. The van der Waals surface area contributed by atoms with E-state index in [-0.39, 0.29) is 30.8 Å². The van der Waals surface area contributed by atoms with Gasteiger partial charge in [0.1, 0.15) is 0 Å². The average Bonchev–Trinajstić information content (AvgIpc) is 2.17. The van der Waals surface area contributed by atoms with E-state index in [9.17, 15) is 4.79 Å². The quantitative estimate of drug-likeness (QED) is 0.849. The summed E-state index contributed by atoms with van der Waals surface area (Å²) in [6.07, 6.45) is 1.51. The van der Waals surface area contributed by atoms with E-state index in [0.717, 1.165) is 11.3 Å². The van der Waals surface area contributed by atoms with Crippen LogP contribution >= 0.6 is 24.8 Å². The maximum atomic E-state index is 11.4. The lowest BCUT2D eigenvalue weighted by atomic mass is 10.1. The van der Waals surface area contributed by atoms with E-state index < -0.39 is 0 Å². The van der Waals surface area contributed by atoms with Gasteiger partial charge in [-0.25, -0.2) is 4.79 Å². The molecule has 6 heteroatoms. The molecule has 4 nitrogen and oxygen atoms in total. The minimum atomic E-state index is -0.361. The highest BCUT2D eigenvalue weighted by molar-refractivity contribution is 5.90. The number of rotatable bonds is 3. The molecule has 0 bridgehead atoms. The van der Waals surface area contributed by atoms with Crippen LogP contribution in [0.25, 0.3) is 0 Å². The molecule has 0 aliphatic heterocycles. The van der Waals surface area contributed by atoms with Crippen molar-refractivity contribution in [2.75, 3.05) is 6.61 Å². The Bertz CT molecular complexity index is 346. The molecule has 2 N–H and O–H groups in total. The van der Waals surface area contributed by atoms with Crippen molar-refractivity contribution in [1.29, 1.82) is 0 Å². The first-order chi connectivity index (χ1) is 6.69. The fraction of sp³-hybridized carbons (Fsp3) is 0.400. The maximum Gasteiger partial charge on any atom is 0.340 e. The van der Waals surface area contributed by atoms with Crippen molar-refractivity contribution in [3.8, 4) is 0 Å². The van der Waals surface area contributed by atoms with Crippen molar-refractivity contribution in [2.24, 2.45) is 5.73 Å². The molecule has 0 fully saturated rings. The molecule has 0 aromatic carbocycles. The van der Waals surface area contributed by atoms with Crippen LogP contribution in [0.4, 0.5) is 0 Å². The van der Waals surface area contributed by atoms with Crippen LogP contribution in [-0.2, 0) is 11.3 Å². The topological polar surface area (TPSA) is 65.2 Å². The number of carbonyl (C=O) groups is 1. The SMILES string of the molecule is CCOC(=O)c1cnc(C)cc1CN.Cl.Cl. The van der Waals surface area contributed by atoms with E-state index in [1.807, 2.05) is 6.92 Å². The summed E-state index contributed by atoms with van der Waals surface area (Å²) in [7, 11) is 0. The van der Waals surface area contributed by atoms with Crippen LogP contribution in [0.15, 0.2) is 12.3 Å². The van der Waals surface area contributed by atoms with Gasteiger partial charge in [-0.15, -0.1) is 24.8 Å². The van der Waals surface area contributed by atoms with Crippen molar-refractivity contribution < 1.29 is 9.53 Å². The number of hydrogen-bond donors (Lipinski definition) is 1. The number of aromatic nitrogens is 1. The number of esters is 1. The first-order valence-corrected chi connectivity index (χ1v) is 4.51. The highest BCUT2D eigenvalue weighted by atomic mass is 35.5. The van der Waals surface area contributed by atoms with E-state index >= 15 is 0 Å². The number of halogens is 2. The lowest BCUT2D eigenvalue weighted by Gasteiger charge is -2.06. The molecule has 92 valence electrons. The molecule has 0 aliphatic carbocycles. The molecule has 0 amide bonds. The van der Waals surface area contributed by atoms with Gasteiger partial charge in [-0.1, -0.05) is 0 Å². The van der Waals surface area contributed by atoms with Gasteiger partial charge in [0, 0.05) is 18.4 Å². The molecule has 0 aliphatic rings. The number of nitrogens with zero attached hydrogens (tertiary/aromatic N) is 1. The summed E-state index contributed by atoms with van der Waals surface area (Å²) in [6.45, 7) is 4.30. The third-order valence-corrected chi connectivity index (χ3v) is 1.84. The average molecular weight is 267 g/mol. The fourth-order valence-electron chi connectivity index (χ4n) is 1.18. The Morgan fingerprint density at radius 1 is 1.50 bits per heavy atom. The van der Waals surface area contributed by atoms with Gasteiger partial charge in [-0.05, 0) is 25.5 Å². The first kappa shape index (κ1) is 17.6. The van der Waals surface area contributed by atoms with E-state index in [1.54, 1.807) is 13.0 Å². The van der Waals surface area contributed by atoms with E-state index in [0.29, 0.717) is 18.7 Å². The summed E-state index contributed by atoms with van der Waals surface area (Å²) in [4.78, 5) is 15.5. The summed E-state index contributed by atoms with van der Waals surface area (Å²) in [5, 5.41) is 0. The van der Waals surface area contributed by atoms with Crippen molar-refractivity contribution in [3.05, 3.63) is 29.1 Å². The normalized spacial score (nSPS) is 8.69. The Morgan fingerprint density at radius 2 is 2.12 bits per heavy atom. The second kappa shape index (κ2) is 8.33. The molecule has 0 atom stereocenters. The number of aryl methyl sites for hydroxylation is 1. The molecule has 1 aromatic rings. The van der Waals surface area contributed by atoms with Crippen molar-refractivity contribution in [1.82, 2.24) is 4.98 Å². The van der Waals surface area contributed by atoms with Gasteiger partial charge in [-0.3, -0.25) is 4.98 Å². The highest BCUT2D eigenvalue weighted by Crippen LogP contribution is 2.10. The van der Waals surface area contributed by atoms with E-state index in [2.05, 4.69) is 4.98 Å². The number of ether oxygens (including phenoxy) is 1. The van der Waals surface area contributed by atoms with Crippen LogP contribution in [0.1, 0.15) is 28.5 Å². The Kier molecular flexibility index (Phi) is 9.14. The van der Waals surface area contributed by atoms with Crippen LogP contribution in [0.5, 0.6) is 0 Å². The van der Waals surface area contributed by atoms with Gasteiger partial charge in [0.05, 0.1) is 12.2 Å². The van der Waals surface area contributed by atoms with Crippen molar-refractivity contribution >= 4 is 30.8 Å². The highest BCUT2D eigenvalue weighted by Gasteiger charge is 2.11. The Labute approximate surface area is 107 Å². The number of pyridine rings is 1. The summed E-state index contributed by atoms with van der Waals surface area (Å²) < 4.78 is 4.88. The molecule has 0 saturated carbocycles. The molecule has 0 unspecified atom stereocenters. The molecular formula is C10H16Cl2N2O2. The number of hydrogen-bond acceptors (Lipinski definition) is 4. The zero-order valence-corrected chi connectivity index (χ0v) is 10.9. The summed E-state index contributed by atoms with van der Waals surface area (Å²) >= 11 is 0. The Balaban J connectivity index is 0. The second-order valence-corrected chi connectivity index (χ2v) is 2.91. The largest absolute Gasteiger partial charge is 0.462 e. The Hall–Kier alpha value is -0.840. The molecule has 1 aromatic heterocycles. The standard InChI is InChI=1S/C10H14N2O2.2ClH/c1-3-14-10(13)9-6-12-7(2)4-8(9)5-11;;/h4,6H,3,5,11H2,1-2H3;2*1H. The first-order valence-electron chi connectivity index (χ1n) is 4.51. The predicted molar refractivity (Wildman–Crippen MR) is 67.3 cm³/mol. The van der Waals surface area contributed by atoms with Gasteiger partial charge in [-0.2, -0.15) is 0 Å².